The van der Waals surface area contributed by atoms with E-state index < -0.39 is 0 Å². The van der Waals surface area contributed by atoms with Crippen molar-refractivity contribution in [2.45, 2.75) is 52.0 Å². The van der Waals surface area contributed by atoms with Gasteiger partial charge in [0, 0.05) is 13.1 Å². The van der Waals surface area contributed by atoms with E-state index in [0.29, 0.717) is 5.75 Å². The van der Waals surface area contributed by atoms with E-state index in [1.54, 1.807) is 0 Å². The molecule has 2 saturated heterocycles. The molecule has 2 aliphatic rings. The Kier molecular flexibility index (Phi) is 7.32. The fraction of sp³-hybridized carbons (Fsp3) is 0.419. The van der Waals surface area contributed by atoms with E-state index in [1.807, 2.05) is 12.1 Å². The van der Waals surface area contributed by atoms with Gasteiger partial charge in [0.1, 0.15) is 5.75 Å². The van der Waals surface area contributed by atoms with Crippen LogP contribution in [-0.4, -0.2) is 47.6 Å². The fourth-order valence-electron chi connectivity index (χ4n) is 5.58. The molecule has 3 aromatic rings. The molecular weight excluding hydrogens is 416 g/mol. The zero-order chi connectivity index (χ0) is 23.3. The molecule has 0 bridgehead atoms. The molecular formula is C31H38N2O. The summed E-state index contributed by atoms with van der Waals surface area (Å²) in [6.45, 7) is 9.44. The number of phenols is 1. The minimum Gasteiger partial charge on any atom is -0.508 e. The maximum absolute atomic E-state index is 10.2. The molecule has 3 nitrogen and oxygen atoms in total. The Morgan fingerprint density at radius 1 is 0.706 bits per heavy atom. The third-order valence-corrected chi connectivity index (χ3v) is 7.67. The first-order valence-electron chi connectivity index (χ1n) is 13.1. The Balaban J connectivity index is 1.30. The van der Waals surface area contributed by atoms with Gasteiger partial charge < -0.3 is 10.0 Å². The monoisotopic (exact) mass is 454 g/mol. The Bertz CT molecular complexity index is 1090. The van der Waals surface area contributed by atoms with Gasteiger partial charge in [0.2, 0.25) is 0 Å². The second-order valence-corrected chi connectivity index (χ2v) is 10.3. The smallest absolute Gasteiger partial charge is 0.116 e. The Morgan fingerprint density at radius 2 is 1.35 bits per heavy atom. The number of hydrogen-bond acceptors (Lipinski definition) is 3. The van der Waals surface area contributed by atoms with Gasteiger partial charge >= 0.3 is 0 Å². The fourth-order valence-corrected chi connectivity index (χ4v) is 5.58. The van der Waals surface area contributed by atoms with Crippen LogP contribution < -0.4 is 0 Å². The van der Waals surface area contributed by atoms with E-state index >= 15 is 0 Å². The van der Waals surface area contributed by atoms with Gasteiger partial charge in [-0.15, -0.1) is 0 Å². The number of nitrogens with zero attached hydrogens (tertiary/aromatic N) is 2. The van der Waals surface area contributed by atoms with Gasteiger partial charge in [0.05, 0.1) is 0 Å². The third kappa shape index (κ3) is 5.71. The van der Waals surface area contributed by atoms with Gasteiger partial charge in [0.25, 0.3) is 0 Å². The van der Waals surface area contributed by atoms with Crippen LogP contribution in [0.1, 0.15) is 53.5 Å². The van der Waals surface area contributed by atoms with Crippen LogP contribution in [0.2, 0.25) is 0 Å². The van der Waals surface area contributed by atoms with Crippen molar-refractivity contribution in [3.8, 4) is 16.9 Å². The molecule has 2 fully saturated rings. The molecule has 0 unspecified atom stereocenters. The van der Waals surface area contributed by atoms with Crippen molar-refractivity contribution in [1.82, 2.24) is 9.80 Å². The highest BCUT2D eigenvalue weighted by Gasteiger charge is 2.14. The molecule has 0 aliphatic carbocycles. The molecule has 3 heteroatoms. The SMILES string of the molecule is Cc1cc(Cc2ccc(O)cc2-c2ccc(CCN3CCCC3)cc2)ccc1CN1CCCC1. The third-order valence-electron chi connectivity index (χ3n) is 7.67. The zero-order valence-corrected chi connectivity index (χ0v) is 20.6. The van der Waals surface area contributed by atoms with E-state index in [4.69, 9.17) is 0 Å². The van der Waals surface area contributed by atoms with Crippen molar-refractivity contribution in [2.75, 3.05) is 32.7 Å². The van der Waals surface area contributed by atoms with Crippen molar-refractivity contribution in [3.63, 3.8) is 0 Å². The van der Waals surface area contributed by atoms with Crippen LogP contribution in [0.5, 0.6) is 5.75 Å². The number of aromatic hydroxyl groups is 1. The molecule has 2 aliphatic heterocycles. The number of hydrogen-bond donors (Lipinski definition) is 1. The van der Waals surface area contributed by atoms with Crippen molar-refractivity contribution in [2.24, 2.45) is 0 Å². The van der Waals surface area contributed by atoms with Gasteiger partial charge in [0.15, 0.2) is 0 Å². The number of benzene rings is 3. The molecule has 0 amide bonds. The molecule has 0 radical (unpaired) electrons. The highest BCUT2D eigenvalue weighted by molar-refractivity contribution is 5.70. The van der Waals surface area contributed by atoms with E-state index in [9.17, 15) is 5.11 Å². The van der Waals surface area contributed by atoms with Crippen LogP contribution in [0.15, 0.2) is 60.7 Å². The Labute approximate surface area is 205 Å². The molecule has 2 heterocycles. The van der Waals surface area contributed by atoms with Crippen molar-refractivity contribution in [1.29, 1.82) is 0 Å². The van der Waals surface area contributed by atoms with Crippen LogP contribution in [-0.2, 0) is 19.4 Å². The van der Waals surface area contributed by atoms with Crippen molar-refractivity contribution >= 4 is 0 Å². The Morgan fingerprint density at radius 3 is 2.06 bits per heavy atom. The van der Waals surface area contributed by atoms with Gasteiger partial charge in [-0.3, -0.25) is 4.90 Å². The highest BCUT2D eigenvalue weighted by atomic mass is 16.3. The van der Waals surface area contributed by atoms with Crippen LogP contribution in [0, 0.1) is 6.92 Å². The molecule has 0 spiro atoms. The normalized spacial score (nSPS) is 17.0. The number of phenolic OH excluding ortho intramolecular Hbond substituents is 1. The maximum Gasteiger partial charge on any atom is 0.116 e. The lowest BCUT2D eigenvalue weighted by Crippen LogP contribution is -2.21. The van der Waals surface area contributed by atoms with E-state index in [-0.39, 0.29) is 0 Å². The number of likely N-dealkylation sites (tertiary alicyclic amines) is 2. The summed E-state index contributed by atoms with van der Waals surface area (Å²) in [5, 5.41) is 10.2. The summed E-state index contributed by atoms with van der Waals surface area (Å²) >= 11 is 0. The highest BCUT2D eigenvalue weighted by Crippen LogP contribution is 2.30. The molecule has 5 rings (SSSR count). The zero-order valence-electron chi connectivity index (χ0n) is 20.6. The van der Waals surface area contributed by atoms with Crippen molar-refractivity contribution in [3.05, 3.63) is 88.5 Å². The largest absolute Gasteiger partial charge is 0.508 e. The van der Waals surface area contributed by atoms with Crippen LogP contribution in [0.3, 0.4) is 0 Å². The quantitative estimate of drug-likeness (QED) is 0.439. The van der Waals surface area contributed by atoms with Crippen molar-refractivity contribution < 1.29 is 5.11 Å². The van der Waals surface area contributed by atoms with Crippen LogP contribution >= 0.6 is 0 Å². The molecule has 0 aromatic heterocycles. The predicted octanol–water partition coefficient (Wildman–Crippen LogP) is 6.19. The summed E-state index contributed by atoms with van der Waals surface area (Å²) in [7, 11) is 0. The summed E-state index contributed by atoms with van der Waals surface area (Å²) in [6.07, 6.45) is 7.34. The second kappa shape index (κ2) is 10.8. The van der Waals surface area contributed by atoms with E-state index in [0.717, 1.165) is 31.5 Å². The van der Waals surface area contributed by atoms with Gasteiger partial charge in [-0.2, -0.15) is 0 Å². The molecule has 0 atom stereocenters. The summed E-state index contributed by atoms with van der Waals surface area (Å²) in [6, 6.07) is 21.7. The number of rotatable bonds is 8. The molecule has 3 aromatic carbocycles. The summed E-state index contributed by atoms with van der Waals surface area (Å²) in [5.74, 6) is 0.328. The standard InChI is InChI=1S/C31H38N2O/c1-24-20-26(8-11-29(24)23-33-17-4-5-18-33)21-28-12-13-30(34)22-31(28)27-9-6-25(7-10-27)14-19-32-15-2-3-16-32/h6-13,20,22,34H,2-5,14-19,21,23H2,1H3. The minimum atomic E-state index is 0.328. The average Bonchev–Trinajstić information content (AvgIpc) is 3.56. The van der Waals surface area contributed by atoms with Crippen LogP contribution in [0.25, 0.3) is 11.1 Å². The lowest BCUT2D eigenvalue weighted by Gasteiger charge is -2.17. The minimum absolute atomic E-state index is 0.328. The van der Waals surface area contributed by atoms with E-state index in [1.165, 1.54) is 85.2 Å². The average molecular weight is 455 g/mol. The van der Waals surface area contributed by atoms with Gasteiger partial charge in [-0.1, -0.05) is 48.5 Å². The Hall–Kier alpha value is -2.62. The first kappa shape index (κ1) is 23.1. The molecule has 178 valence electrons. The maximum atomic E-state index is 10.2. The second-order valence-electron chi connectivity index (χ2n) is 10.3. The molecule has 1 N–H and O–H groups in total. The summed E-state index contributed by atoms with van der Waals surface area (Å²) < 4.78 is 0. The molecule has 34 heavy (non-hydrogen) atoms. The lowest BCUT2D eigenvalue weighted by atomic mass is 9.92. The predicted molar refractivity (Wildman–Crippen MR) is 141 cm³/mol. The topological polar surface area (TPSA) is 26.7 Å². The summed E-state index contributed by atoms with van der Waals surface area (Å²) in [4.78, 5) is 5.13. The first-order chi connectivity index (χ1) is 16.6. The molecule has 0 saturated carbocycles. The van der Waals surface area contributed by atoms with Crippen LogP contribution in [0.4, 0.5) is 0 Å². The van der Waals surface area contributed by atoms with Gasteiger partial charge in [-0.25, -0.2) is 0 Å². The van der Waals surface area contributed by atoms with E-state index in [2.05, 4.69) is 65.3 Å². The lowest BCUT2D eigenvalue weighted by molar-refractivity contribution is 0.330. The number of aryl methyl sites for hydroxylation is 1. The summed E-state index contributed by atoms with van der Waals surface area (Å²) in [5.41, 5.74) is 9.11. The first-order valence-corrected chi connectivity index (χ1v) is 13.1. The van der Waals surface area contributed by atoms with Gasteiger partial charge in [-0.05, 0) is 123 Å².